The van der Waals surface area contributed by atoms with Crippen molar-refractivity contribution in [3.63, 3.8) is 0 Å². The minimum atomic E-state index is 0.130. The van der Waals surface area contributed by atoms with E-state index in [4.69, 9.17) is 29.4 Å². The third-order valence-corrected chi connectivity index (χ3v) is 6.82. The summed E-state index contributed by atoms with van der Waals surface area (Å²) in [5.41, 5.74) is 9.33. The Bertz CT molecular complexity index is 1210. The van der Waals surface area contributed by atoms with E-state index in [1.54, 1.807) is 13.3 Å². The Hall–Kier alpha value is -3.60. The first kappa shape index (κ1) is 27.0. The normalized spacial score (nSPS) is 16.5. The van der Waals surface area contributed by atoms with Crippen LogP contribution in [-0.2, 0) is 9.47 Å². The largest absolute Gasteiger partial charge is 0.493 e. The van der Waals surface area contributed by atoms with Crippen molar-refractivity contribution < 1.29 is 23.7 Å². The minimum absolute atomic E-state index is 0.130. The molecule has 0 atom stereocenters. The number of nitrogens with zero attached hydrogens (tertiary/aromatic N) is 3. The third-order valence-electron chi connectivity index (χ3n) is 6.82. The summed E-state index contributed by atoms with van der Waals surface area (Å²) in [5.74, 6) is 2.51. The van der Waals surface area contributed by atoms with Gasteiger partial charge in [-0.15, -0.1) is 0 Å². The van der Waals surface area contributed by atoms with Gasteiger partial charge in [0, 0.05) is 56.0 Å². The van der Waals surface area contributed by atoms with Crippen molar-refractivity contribution in [2.24, 2.45) is 0 Å². The number of methoxy groups -OCH3 is 1. The monoisotopic (exact) mass is 535 g/mol. The number of nitrogens with one attached hydrogen (secondary N) is 1. The Balaban J connectivity index is 1.19. The van der Waals surface area contributed by atoms with Crippen LogP contribution in [-0.4, -0.2) is 80.8 Å². The van der Waals surface area contributed by atoms with Crippen molar-refractivity contribution in [3.05, 3.63) is 48.7 Å². The first-order valence-corrected chi connectivity index (χ1v) is 13.5. The van der Waals surface area contributed by atoms with Gasteiger partial charge < -0.3 is 34.7 Å². The Morgan fingerprint density at radius 3 is 2.56 bits per heavy atom. The van der Waals surface area contributed by atoms with Crippen LogP contribution in [0.4, 0.5) is 17.3 Å². The number of nitrogen functional groups attached to an aromatic ring is 1. The second-order valence-electron chi connectivity index (χ2n) is 9.59. The summed E-state index contributed by atoms with van der Waals surface area (Å²) in [7, 11) is 1.64. The Labute approximate surface area is 229 Å². The Kier molecular flexibility index (Phi) is 9.31. The number of ether oxygens (including phenoxy) is 5. The van der Waals surface area contributed by atoms with Crippen LogP contribution in [0.1, 0.15) is 19.3 Å². The molecule has 10 nitrogen and oxygen atoms in total. The summed E-state index contributed by atoms with van der Waals surface area (Å²) >= 11 is 0. The molecule has 2 saturated heterocycles. The Morgan fingerprint density at radius 2 is 1.77 bits per heavy atom. The van der Waals surface area contributed by atoms with Gasteiger partial charge in [0.05, 0.1) is 51.5 Å². The van der Waals surface area contributed by atoms with Crippen LogP contribution in [0, 0.1) is 0 Å². The first-order chi connectivity index (χ1) is 19.2. The quantitative estimate of drug-likeness (QED) is 0.274. The molecule has 0 saturated carbocycles. The maximum Gasteiger partial charge on any atom is 0.227 e. The van der Waals surface area contributed by atoms with Gasteiger partial charge in [-0.3, -0.25) is 4.90 Å². The highest BCUT2D eigenvalue weighted by Gasteiger charge is 2.17. The molecule has 2 aliphatic heterocycles. The molecule has 0 unspecified atom stereocenters. The highest BCUT2D eigenvalue weighted by molar-refractivity contribution is 5.69. The number of hydrogen-bond donors (Lipinski definition) is 2. The van der Waals surface area contributed by atoms with Crippen LogP contribution in [0.3, 0.4) is 0 Å². The highest BCUT2D eigenvalue weighted by Crippen LogP contribution is 2.32. The molecule has 10 heteroatoms. The second-order valence-corrected chi connectivity index (χ2v) is 9.59. The van der Waals surface area contributed by atoms with E-state index < -0.39 is 0 Å². The summed E-state index contributed by atoms with van der Waals surface area (Å²) in [4.78, 5) is 11.5. The average molecular weight is 536 g/mol. The average Bonchev–Trinajstić information content (AvgIpc) is 2.98. The van der Waals surface area contributed by atoms with E-state index in [9.17, 15) is 0 Å². The fourth-order valence-electron chi connectivity index (χ4n) is 4.66. The molecule has 2 aliphatic rings. The number of anilines is 3. The summed E-state index contributed by atoms with van der Waals surface area (Å²) < 4.78 is 28.5. The maximum atomic E-state index is 6.32. The molecule has 0 bridgehead atoms. The summed E-state index contributed by atoms with van der Waals surface area (Å²) in [6.07, 6.45) is 4.53. The molecular weight excluding hydrogens is 498 g/mol. The molecule has 0 radical (unpaired) electrons. The number of nitrogens with two attached hydrogens (primary N) is 1. The summed E-state index contributed by atoms with van der Waals surface area (Å²) in [6.45, 7) is 6.63. The molecule has 3 aromatic rings. The molecule has 208 valence electrons. The lowest BCUT2D eigenvalue weighted by atomic mass is 10.1. The number of benzene rings is 2. The predicted molar refractivity (Wildman–Crippen MR) is 150 cm³/mol. The molecule has 5 rings (SSSR count). The standard InChI is InChI=1S/C29H37N5O5/c1-35-28-20-22(4-6-27(28)38-14-2-11-34-12-17-37-18-13-34)32-29-31-10-7-25(33-29)21-3-5-26(24(30)19-21)39-23-8-15-36-16-9-23/h3-7,10,19-20,23H,2,8-9,11-18,30H2,1H3,(H,31,32,33). The van der Waals surface area contributed by atoms with E-state index >= 15 is 0 Å². The predicted octanol–water partition coefficient (Wildman–Crippen LogP) is 4.14. The van der Waals surface area contributed by atoms with E-state index in [0.29, 0.717) is 35.5 Å². The van der Waals surface area contributed by atoms with E-state index in [1.807, 2.05) is 42.5 Å². The SMILES string of the molecule is COc1cc(Nc2nccc(-c3ccc(OC4CCOCC4)c(N)c3)n2)ccc1OCCCN1CCOCC1. The molecule has 39 heavy (non-hydrogen) atoms. The van der Waals surface area contributed by atoms with Crippen molar-refractivity contribution in [1.29, 1.82) is 0 Å². The zero-order valence-corrected chi connectivity index (χ0v) is 22.4. The molecular formula is C29H37N5O5. The van der Waals surface area contributed by atoms with Crippen LogP contribution in [0.25, 0.3) is 11.3 Å². The second kappa shape index (κ2) is 13.5. The molecule has 2 fully saturated rings. The van der Waals surface area contributed by atoms with Crippen molar-refractivity contribution in [3.8, 4) is 28.5 Å². The number of hydrogen-bond acceptors (Lipinski definition) is 10. The fraction of sp³-hybridized carbons (Fsp3) is 0.448. The molecule has 3 heterocycles. The minimum Gasteiger partial charge on any atom is -0.493 e. The smallest absolute Gasteiger partial charge is 0.227 e. The van der Waals surface area contributed by atoms with Crippen molar-refractivity contribution in [2.45, 2.75) is 25.4 Å². The van der Waals surface area contributed by atoms with Gasteiger partial charge in [0.25, 0.3) is 0 Å². The van der Waals surface area contributed by atoms with E-state index in [1.165, 1.54) is 0 Å². The lowest BCUT2D eigenvalue weighted by molar-refractivity contribution is 0.0259. The molecule has 2 aromatic carbocycles. The van der Waals surface area contributed by atoms with Gasteiger partial charge >= 0.3 is 0 Å². The molecule has 0 aliphatic carbocycles. The van der Waals surface area contributed by atoms with Gasteiger partial charge in [-0.25, -0.2) is 9.97 Å². The van der Waals surface area contributed by atoms with Crippen molar-refractivity contribution >= 4 is 17.3 Å². The Morgan fingerprint density at radius 1 is 0.974 bits per heavy atom. The van der Waals surface area contributed by atoms with E-state index in [-0.39, 0.29) is 6.10 Å². The zero-order valence-electron chi connectivity index (χ0n) is 22.4. The fourth-order valence-corrected chi connectivity index (χ4v) is 4.66. The molecule has 1 aromatic heterocycles. The molecule has 0 spiro atoms. The van der Waals surface area contributed by atoms with Gasteiger partial charge in [0.1, 0.15) is 11.9 Å². The first-order valence-electron chi connectivity index (χ1n) is 13.5. The van der Waals surface area contributed by atoms with Crippen LogP contribution < -0.4 is 25.3 Å². The van der Waals surface area contributed by atoms with Crippen molar-refractivity contribution in [1.82, 2.24) is 14.9 Å². The lowest BCUT2D eigenvalue weighted by Crippen LogP contribution is -2.37. The third kappa shape index (κ3) is 7.50. The van der Waals surface area contributed by atoms with Crippen LogP contribution in [0.15, 0.2) is 48.7 Å². The highest BCUT2D eigenvalue weighted by atomic mass is 16.5. The van der Waals surface area contributed by atoms with Gasteiger partial charge in [-0.2, -0.15) is 0 Å². The summed E-state index contributed by atoms with van der Waals surface area (Å²) in [6, 6.07) is 13.3. The van der Waals surface area contributed by atoms with Crippen LogP contribution >= 0.6 is 0 Å². The zero-order chi connectivity index (χ0) is 26.9. The van der Waals surface area contributed by atoms with E-state index in [2.05, 4.69) is 20.2 Å². The number of aromatic nitrogens is 2. The summed E-state index contributed by atoms with van der Waals surface area (Å²) in [5, 5.41) is 3.26. The van der Waals surface area contributed by atoms with Crippen LogP contribution in [0.2, 0.25) is 0 Å². The van der Waals surface area contributed by atoms with Crippen LogP contribution in [0.5, 0.6) is 17.2 Å². The molecule has 3 N–H and O–H groups in total. The topological polar surface area (TPSA) is 113 Å². The number of morpholine rings is 1. The van der Waals surface area contributed by atoms with Gasteiger partial charge in [-0.05, 0) is 42.8 Å². The molecule has 0 amide bonds. The van der Waals surface area contributed by atoms with Crippen molar-refractivity contribution in [2.75, 3.05) is 70.8 Å². The van der Waals surface area contributed by atoms with E-state index in [0.717, 1.165) is 82.3 Å². The maximum absolute atomic E-state index is 6.32. The lowest BCUT2D eigenvalue weighted by Gasteiger charge is -2.26. The van der Waals surface area contributed by atoms with Gasteiger partial charge in [-0.1, -0.05) is 0 Å². The number of rotatable bonds is 11. The van der Waals surface area contributed by atoms with Gasteiger partial charge in [0.2, 0.25) is 5.95 Å². The van der Waals surface area contributed by atoms with Gasteiger partial charge in [0.15, 0.2) is 11.5 Å².